The number of hydrogen-bond acceptors (Lipinski definition) is 3. The van der Waals surface area contributed by atoms with Crippen LogP contribution in [0.3, 0.4) is 0 Å². The Morgan fingerprint density at radius 2 is 2.00 bits per heavy atom. The van der Waals surface area contributed by atoms with Gasteiger partial charge in [-0.25, -0.2) is 0 Å². The molecule has 1 heterocycles. The predicted molar refractivity (Wildman–Crippen MR) is 86.6 cm³/mol. The number of hydrogen-bond donors (Lipinski definition) is 1. The third-order valence-corrected chi connectivity index (χ3v) is 3.50. The van der Waals surface area contributed by atoms with E-state index in [1.165, 1.54) is 11.1 Å². The first-order valence-electron chi connectivity index (χ1n) is 7.64. The second-order valence-corrected chi connectivity index (χ2v) is 5.16. The van der Waals surface area contributed by atoms with Crippen molar-refractivity contribution in [1.82, 2.24) is 10.3 Å². The third-order valence-electron chi connectivity index (χ3n) is 3.50. The summed E-state index contributed by atoms with van der Waals surface area (Å²) in [5.41, 5.74) is 2.58. The summed E-state index contributed by atoms with van der Waals surface area (Å²) in [7, 11) is 0. The van der Waals surface area contributed by atoms with E-state index in [2.05, 4.69) is 54.5 Å². The summed E-state index contributed by atoms with van der Waals surface area (Å²) in [5, 5.41) is 3.42. The Morgan fingerprint density at radius 3 is 2.76 bits per heavy atom. The van der Waals surface area contributed by atoms with Crippen molar-refractivity contribution in [3.63, 3.8) is 0 Å². The Kier molecular flexibility index (Phi) is 6.22. The average Bonchev–Trinajstić information content (AvgIpc) is 2.53. The Labute approximate surface area is 127 Å². The molecule has 0 fully saturated rings. The summed E-state index contributed by atoms with van der Waals surface area (Å²) in [4.78, 5) is 4.03. The Hall–Kier alpha value is -1.87. The first kappa shape index (κ1) is 15.5. The fourth-order valence-electron chi connectivity index (χ4n) is 2.31. The monoisotopic (exact) mass is 284 g/mol. The highest BCUT2D eigenvalue weighted by atomic mass is 16.5. The molecule has 112 valence electrons. The minimum Gasteiger partial charge on any atom is -0.494 e. The van der Waals surface area contributed by atoms with Gasteiger partial charge in [0, 0.05) is 18.4 Å². The molecule has 3 nitrogen and oxygen atoms in total. The van der Waals surface area contributed by atoms with Gasteiger partial charge in [0.05, 0.1) is 6.61 Å². The maximum absolute atomic E-state index is 5.85. The van der Waals surface area contributed by atoms with E-state index in [1.54, 1.807) is 0 Å². The molecular weight excluding hydrogens is 260 g/mol. The molecule has 0 saturated carbocycles. The molecule has 0 spiro atoms. The van der Waals surface area contributed by atoms with Crippen molar-refractivity contribution >= 4 is 0 Å². The summed E-state index contributed by atoms with van der Waals surface area (Å²) in [6.07, 6.45) is 5.70. The topological polar surface area (TPSA) is 34.1 Å². The van der Waals surface area contributed by atoms with Crippen LogP contribution < -0.4 is 10.1 Å². The Bertz CT molecular complexity index is 528. The second-order valence-electron chi connectivity index (χ2n) is 5.16. The summed E-state index contributed by atoms with van der Waals surface area (Å²) in [6.45, 7) is 6.00. The van der Waals surface area contributed by atoms with Crippen LogP contribution in [0.1, 0.15) is 37.4 Å². The van der Waals surface area contributed by atoms with E-state index < -0.39 is 0 Å². The molecule has 1 atom stereocenters. The van der Waals surface area contributed by atoms with Gasteiger partial charge in [-0.3, -0.25) is 4.98 Å². The fourth-order valence-corrected chi connectivity index (χ4v) is 2.31. The van der Waals surface area contributed by atoms with Gasteiger partial charge in [0.1, 0.15) is 5.75 Å². The maximum Gasteiger partial charge on any atom is 0.119 e. The number of aromatic nitrogens is 1. The van der Waals surface area contributed by atoms with Gasteiger partial charge in [0.25, 0.3) is 0 Å². The molecule has 0 aliphatic rings. The third kappa shape index (κ3) is 5.20. The molecule has 1 unspecified atom stereocenters. The molecule has 21 heavy (non-hydrogen) atoms. The lowest BCUT2D eigenvalue weighted by molar-refractivity contribution is 0.310. The number of aryl methyl sites for hydroxylation is 1. The van der Waals surface area contributed by atoms with E-state index in [1.807, 2.05) is 18.5 Å². The minimum absolute atomic E-state index is 0.357. The average molecular weight is 284 g/mol. The molecule has 0 aliphatic heterocycles. The van der Waals surface area contributed by atoms with Gasteiger partial charge in [0.2, 0.25) is 0 Å². The van der Waals surface area contributed by atoms with E-state index in [0.29, 0.717) is 6.04 Å². The van der Waals surface area contributed by atoms with Crippen molar-refractivity contribution in [2.45, 2.75) is 32.7 Å². The van der Waals surface area contributed by atoms with E-state index >= 15 is 0 Å². The first-order valence-corrected chi connectivity index (χ1v) is 7.64. The van der Waals surface area contributed by atoms with Crippen LogP contribution in [-0.4, -0.2) is 18.1 Å². The van der Waals surface area contributed by atoms with Gasteiger partial charge in [-0.15, -0.1) is 0 Å². The van der Waals surface area contributed by atoms with Crippen molar-refractivity contribution in [3.05, 3.63) is 59.9 Å². The van der Waals surface area contributed by atoms with Gasteiger partial charge in [-0.05, 0) is 61.7 Å². The Morgan fingerprint density at radius 1 is 1.19 bits per heavy atom. The van der Waals surface area contributed by atoms with Crippen LogP contribution in [0, 0.1) is 0 Å². The summed E-state index contributed by atoms with van der Waals surface area (Å²) in [5.74, 6) is 0.951. The first-order chi connectivity index (χ1) is 10.3. The lowest BCUT2D eigenvalue weighted by Gasteiger charge is -2.14. The van der Waals surface area contributed by atoms with Crippen LogP contribution >= 0.6 is 0 Å². The van der Waals surface area contributed by atoms with E-state index in [4.69, 9.17) is 4.74 Å². The number of nitrogens with zero attached hydrogens (tertiary/aromatic N) is 1. The number of nitrogens with one attached hydrogen (secondary N) is 1. The second kappa shape index (κ2) is 8.42. The van der Waals surface area contributed by atoms with Crippen LogP contribution in [0.2, 0.25) is 0 Å². The number of ether oxygens (including phenoxy) is 1. The molecule has 0 aliphatic carbocycles. The number of benzene rings is 1. The molecule has 1 N–H and O–H groups in total. The van der Waals surface area contributed by atoms with Gasteiger partial charge in [0.15, 0.2) is 0 Å². The summed E-state index contributed by atoms with van der Waals surface area (Å²) >= 11 is 0. The molecule has 1 aromatic heterocycles. The Balaban J connectivity index is 1.79. The van der Waals surface area contributed by atoms with Crippen LogP contribution in [-0.2, 0) is 6.42 Å². The summed E-state index contributed by atoms with van der Waals surface area (Å²) in [6, 6.07) is 12.8. The smallest absolute Gasteiger partial charge is 0.119 e. The van der Waals surface area contributed by atoms with Crippen molar-refractivity contribution in [2.75, 3.05) is 13.2 Å². The normalized spacial score (nSPS) is 12.1. The SMILES string of the molecule is CCNC(C)c1cccc(OCCCc2ccncc2)c1. The quantitative estimate of drug-likeness (QED) is 0.749. The molecule has 2 aromatic rings. The highest BCUT2D eigenvalue weighted by molar-refractivity contribution is 5.30. The molecule has 3 heteroatoms. The van der Waals surface area contributed by atoms with Crippen LogP contribution in [0.4, 0.5) is 0 Å². The van der Waals surface area contributed by atoms with Crippen molar-refractivity contribution in [1.29, 1.82) is 0 Å². The molecule has 2 rings (SSSR count). The zero-order valence-corrected chi connectivity index (χ0v) is 12.9. The lowest BCUT2D eigenvalue weighted by atomic mass is 10.1. The zero-order chi connectivity index (χ0) is 14.9. The van der Waals surface area contributed by atoms with Gasteiger partial charge >= 0.3 is 0 Å². The predicted octanol–water partition coefficient (Wildman–Crippen LogP) is 3.76. The van der Waals surface area contributed by atoms with Crippen LogP contribution in [0.15, 0.2) is 48.8 Å². The molecule has 0 amide bonds. The van der Waals surface area contributed by atoms with Gasteiger partial charge in [-0.1, -0.05) is 19.1 Å². The van der Waals surface area contributed by atoms with E-state index in [-0.39, 0.29) is 0 Å². The molecule has 0 saturated heterocycles. The molecule has 0 radical (unpaired) electrons. The maximum atomic E-state index is 5.85. The minimum atomic E-state index is 0.357. The van der Waals surface area contributed by atoms with Crippen molar-refractivity contribution < 1.29 is 4.74 Å². The van der Waals surface area contributed by atoms with Crippen LogP contribution in [0.5, 0.6) is 5.75 Å². The standard InChI is InChI=1S/C18H24N2O/c1-3-20-15(2)17-7-4-8-18(14-17)21-13-5-6-16-9-11-19-12-10-16/h4,7-12,14-15,20H,3,5-6,13H2,1-2H3. The van der Waals surface area contributed by atoms with E-state index in [9.17, 15) is 0 Å². The van der Waals surface area contributed by atoms with E-state index in [0.717, 1.165) is 31.7 Å². The largest absolute Gasteiger partial charge is 0.494 e. The van der Waals surface area contributed by atoms with Crippen molar-refractivity contribution in [2.24, 2.45) is 0 Å². The van der Waals surface area contributed by atoms with Gasteiger partial charge < -0.3 is 10.1 Å². The van der Waals surface area contributed by atoms with Crippen molar-refractivity contribution in [3.8, 4) is 5.75 Å². The van der Waals surface area contributed by atoms with Crippen LogP contribution in [0.25, 0.3) is 0 Å². The molecule has 1 aromatic carbocycles. The zero-order valence-electron chi connectivity index (χ0n) is 12.9. The number of rotatable bonds is 8. The highest BCUT2D eigenvalue weighted by Gasteiger charge is 2.04. The number of pyridine rings is 1. The highest BCUT2D eigenvalue weighted by Crippen LogP contribution is 2.19. The lowest BCUT2D eigenvalue weighted by Crippen LogP contribution is -2.17. The van der Waals surface area contributed by atoms with Gasteiger partial charge in [-0.2, -0.15) is 0 Å². The molecule has 0 bridgehead atoms. The summed E-state index contributed by atoms with van der Waals surface area (Å²) < 4.78 is 5.85. The molecular formula is C18H24N2O. The fraction of sp³-hybridized carbons (Fsp3) is 0.389.